The van der Waals surface area contributed by atoms with Crippen molar-refractivity contribution in [2.45, 2.75) is 57.5 Å². The van der Waals surface area contributed by atoms with E-state index in [0.717, 1.165) is 52.8 Å². The van der Waals surface area contributed by atoms with Crippen molar-refractivity contribution in [3.05, 3.63) is 40.3 Å². The van der Waals surface area contributed by atoms with Crippen molar-refractivity contribution >= 4 is 40.0 Å². The summed E-state index contributed by atoms with van der Waals surface area (Å²) in [5.41, 5.74) is 1.59. The molecule has 0 saturated heterocycles. The summed E-state index contributed by atoms with van der Waals surface area (Å²) in [6.07, 6.45) is 1.96. The van der Waals surface area contributed by atoms with Gasteiger partial charge in [-0.1, -0.05) is 0 Å². The molecule has 1 N–H and O–H groups in total. The van der Waals surface area contributed by atoms with Crippen molar-refractivity contribution in [2.24, 2.45) is 0 Å². The molecule has 6 nitrogen and oxygen atoms in total. The SMILES string of the molecule is CCOC(=O)c1c(NC(=O)CCCSc2ccc(OC)cc2)sc2c1CCN(C(C)C)C2. The molecular weight excluding hydrogens is 444 g/mol. The number of fused-ring (bicyclic) bond motifs is 1. The third-order valence-electron chi connectivity index (χ3n) is 5.43. The van der Waals surface area contributed by atoms with Crippen LogP contribution in [0.3, 0.4) is 0 Å². The molecule has 1 aromatic carbocycles. The van der Waals surface area contributed by atoms with Gasteiger partial charge in [-0.3, -0.25) is 9.69 Å². The second-order valence-electron chi connectivity index (χ2n) is 7.92. The van der Waals surface area contributed by atoms with Gasteiger partial charge in [0.1, 0.15) is 10.8 Å². The lowest BCUT2D eigenvalue weighted by Gasteiger charge is -2.30. The fourth-order valence-electron chi connectivity index (χ4n) is 3.66. The smallest absolute Gasteiger partial charge is 0.341 e. The topological polar surface area (TPSA) is 67.9 Å². The van der Waals surface area contributed by atoms with Gasteiger partial charge in [-0.15, -0.1) is 23.1 Å². The fourth-order valence-corrected chi connectivity index (χ4v) is 5.79. The molecule has 0 radical (unpaired) electrons. The Hall–Kier alpha value is -2.03. The van der Waals surface area contributed by atoms with Crippen LogP contribution < -0.4 is 10.1 Å². The zero-order valence-corrected chi connectivity index (χ0v) is 20.9. The first-order valence-electron chi connectivity index (χ1n) is 11.0. The molecule has 174 valence electrons. The van der Waals surface area contributed by atoms with E-state index in [4.69, 9.17) is 9.47 Å². The number of thioether (sulfide) groups is 1. The van der Waals surface area contributed by atoms with Crippen LogP contribution in [-0.4, -0.2) is 48.8 Å². The third-order valence-corrected chi connectivity index (χ3v) is 7.66. The standard InChI is InChI=1S/C24H32N2O4S2/c1-5-30-24(28)22-19-12-13-26(16(2)3)15-20(19)32-23(22)25-21(27)7-6-14-31-18-10-8-17(29-4)9-11-18/h8-11,16H,5-7,12-15H2,1-4H3,(H,25,27). The molecule has 2 aromatic rings. The number of amides is 1. The minimum absolute atomic E-state index is 0.0646. The number of thiophene rings is 1. The van der Waals surface area contributed by atoms with E-state index in [1.165, 1.54) is 11.3 Å². The highest BCUT2D eigenvalue weighted by Gasteiger charge is 2.30. The van der Waals surface area contributed by atoms with Crippen LogP contribution in [0.25, 0.3) is 0 Å². The minimum Gasteiger partial charge on any atom is -0.497 e. The molecule has 1 aliphatic heterocycles. The number of rotatable bonds is 10. The van der Waals surface area contributed by atoms with Crippen LogP contribution >= 0.6 is 23.1 Å². The number of hydrogen-bond donors (Lipinski definition) is 1. The van der Waals surface area contributed by atoms with Crippen molar-refractivity contribution in [2.75, 3.05) is 31.3 Å². The number of carbonyl (C=O) groups is 2. The van der Waals surface area contributed by atoms with Crippen LogP contribution in [0.2, 0.25) is 0 Å². The lowest BCUT2D eigenvalue weighted by Crippen LogP contribution is -2.35. The van der Waals surface area contributed by atoms with Crippen LogP contribution in [0.1, 0.15) is 54.4 Å². The van der Waals surface area contributed by atoms with E-state index >= 15 is 0 Å². The zero-order chi connectivity index (χ0) is 23.1. The summed E-state index contributed by atoms with van der Waals surface area (Å²) in [7, 11) is 1.65. The van der Waals surface area contributed by atoms with Gasteiger partial charge < -0.3 is 14.8 Å². The fraction of sp³-hybridized carbons (Fsp3) is 0.500. The van der Waals surface area contributed by atoms with Gasteiger partial charge in [0, 0.05) is 35.3 Å². The highest BCUT2D eigenvalue weighted by atomic mass is 32.2. The van der Waals surface area contributed by atoms with Gasteiger partial charge in [0.2, 0.25) is 5.91 Å². The van der Waals surface area contributed by atoms with Crippen molar-refractivity contribution in [3.63, 3.8) is 0 Å². The molecule has 1 aromatic heterocycles. The Bertz CT molecular complexity index is 925. The number of esters is 1. The number of nitrogens with zero attached hydrogens (tertiary/aromatic N) is 1. The quantitative estimate of drug-likeness (QED) is 0.288. The summed E-state index contributed by atoms with van der Waals surface area (Å²) < 4.78 is 10.5. The molecule has 32 heavy (non-hydrogen) atoms. The van der Waals surface area contributed by atoms with E-state index in [9.17, 15) is 9.59 Å². The zero-order valence-electron chi connectivity index (χ0n) is 19.2. The number of ether oxygens (including phenoxy) is 2. The van der Waals surface area contributed by atoms with Crippen LogP contribution in [-0.2, 0) is 22.5 Å². The summed E-state index contributed by atoms with van der Waals surface area (Å²) in [6, 6.07) is 8.35. The third kappa shape index (κ3) is 6.27. The molecule has 0 atom stereocenters. The Kier molecular flexibility index (Phi) is 9.02. The lowest BCUT2D eigenvalue weighted by molar-refractivity contribution is -0.116. The van der Waals surface area contributed by atoms with Gasteiger partial charge in [0.05, 0.1) is 19.3 Å². The number of carbonyl (C=O) groups excluding carboxylic acids is 2. The summed E-state index contributed by atoms with van der Waals surface area (Å²) in [6.45, 7) is 8.19. The number of hydrogen-bond acceptors (Lipinski definition) is 7. The molecular formula is C24H32N2O4S2. The molecule has 0 aliphatic carbocycles. The Balaban J connectivity index is 1.60. The molecule has 0 fully saturated rings. The average molecular weight is 477 g/mol. The van der Waals surface area contributed by atoms with E-state index < -0.39 is 0 Å². The molecule has 0 spiro atoms. The Labute approximate surface area is 198 Å². The molecule has 1 amide bonds. The van der Waals surface area contributed by atoms with Gasteiger partial charge in [0.15, 0.2) is 0 Å². The van der Waals surface area contributed by atoms with Gasteiger partial charge in [-0.2, -0.15) is 0 Å². The van der Waals surface area contributed by atoms with E-state index in [1.54, 1.807) is 25.8 Å². The van der Waals surface area contributed by atoms with Crippen molar-refractivity contribution < 1.29 is 19.1 Å². The van der Waals surface area contributed by atoms with Crippen molar-refractivity contribution in [3.8, 4) is 5.75 Å². The molecule has 2 heterocycles. The average Bonchev–Trinajstić information content (AvgIpc) is 3.14. The first kappa shape index (κ1) is 24.6. The van der Waals surface area contributed by atoms with E-state index in [-0.39, 0.29) is 11.9 Å². The number of methoxy groups -OCH3 is 1. The number of benzene rings is 1. The lowest BCUT2D eigenvalue weighted by atomic mass is 10.0. The maximum atomic E-state index is 12.7. The largest absolute Gasteiger partial charge is 0.497 e. The first-order chi connectivity index (χ1) is 15.4. The first-order valence-corrected chi connectivity index (χ1v) is 12.9. The summed E-state index contributed by atoms with van der Waals surface area (Å²) in [5.74, 6) is 1.27. The Morgan fingerprint density at radius 3 is 2.66 bits per heavy atom. The summed E-state index contributed by atoms with van der Waals surface area (Å²) in [4.78, 5) is 30.0. The van der Waals surface area contributed by atoms with E-state index in [2.05, 4.69) is 24.1 Å². The maximum absolute atomic E-state index is 12.7. The molecule has 8 heteroatoms. The number of anilines is 1. The van der Waals surface area contributed by atoms with Crippen LogP contribution in [0.4, 0.5) is 5.00 Å². The minimum atomic E-state index is -0.339. The molecule has 0 bridgehead atoms. The van der Waals surface area contributed by atoms with Gasteiger partial charge >= 0.3 is 5.97 Å². The molecule has 0 saturated carbocycles. The highest BCUT2D eigenvalue weighted by molar-refractivity contribution is 7.99. The van der Waals surface area contributed by atoms with Crippen LogP contribution in [0, 0.1) is 0 Å². The number of nitrogens with one attached hydrogen (secondary N) is 1. The second kappa shape index (κ2) is 11.7. The molecule has 3 rings (SSSR count). The Morgan fingerprint density at radius 2 is 2.00 bits per heavy atom. The van der Waals surface area contributed by atoms with Crippen LogP contribution in [0.15, 0.2) is 29.2 Å². The predicted octanol–water partition coefficient (Wildman–Crippen LogP) is 5.21. The predicted molar refractivity (Wildman–Crippen MR) is 131 cm³/mol. The monoisotopic (exact) mass is 476 g/mol. The van der Waals surface area contributed by atoms with E-state index in [0.29, 0.717) is 29.6 Å². The van der Waals surface area contributed by atoms with Crippen LogP contribution in [0.5, 0.6) is 5.75 Å². The molecule has 0 unspecified atom stereocenters. The van der Waals surface area contributed by atoms with Gasteiger partial charge in [-0.25, -0.2) is 4.79 Å². The van der Waals surface area contributed by atoms with Crippen molar-refractivity contribution in [1.82, 2.24) is 4.90 Å². The highest BCUT2D eigenvalue weighted by Crippen LogP contribution is 2.38. The van der Waals surface area contributed by atoms with Crippen molar-refractivity contribution in [1.29, 1.82) is 0 Å². The Morgan fingerprint density at radius 1 is 1.25 bits per heavy atom. The molecule has 1 aliphatic rings. The van der Waals surface area contributed by atoms with Gasteiger partial charge in [0.25, 0.3) is 0 Å². The second-order valence-corrected chi connectivity index (χ2v) is 10.2. The summed E-state index contributed by atoms with van der Waals surface area (Å²) >= 11 is 3.23. The summed E-state index contributed by atoms with van der Waals surface area (Å²) in [5, 5.41) is 3.63. The maximum Gasteiger partial charge on any atom is 0.341 e. The van der Waals surface area contributed by atoms with E-state index in [1.807, 2.05) is 24.3 Å². The van der Waals surface area contributed by atoms with Gasteiger partial charge in [-0.05, 0) is 69.2 Å². The normalized spacial score (nSPS) is 13.7.